The second-order valence-electron chi connectivity index (χ2n) is 3.98. The molecule has 3 N–H and O–H groups in total. The molecule has 2 fully saturated rings. The van der Waals surface area contributed by atoms with Gasteiger partial charge in [0.15, 0.2) is 0 Å². The first-order chi connectivity index (χ1) is 7.08. The number of amides is 2. The number of aliphatic hydroxyl groups is 1. The summed E-state index contributed by atoms with van der Waals surface area (Å²) in [5.74, 6) is -1.89. The molecule has 15 heavy (non-hydrogen) atoms. The Morgan fingerprint density at radius 2 is 2.33 bits per heavy atom. The Kier molecular flexibility index (Phi) is 2.40. The molecule has 2 aliphatic rings. The molecule has 0 spiro atoms. The fourth-order valence-electron chi connectivity index (χ4n) is 1.70. The summed E-state index contributed by atoms with van der Waals surface area (Å²) in [6, 6.07) is 0. The van der Waals surface area contributed by atoms with Gasteiger partial charge in [0.1, 0.15) is 11.6 Å². The number of hydrogen-bond acceptors (Lipinski definition) is 4. The van der Waals surface area contributed by atoms with Crippen molar-refractivity contribution in [1.29, 1.82) is 0 Å². The molecule has 0 aromatic heterocycles. The summed E-state index contributed by atoms with van der Waals surface area (Å²) in [5, 5.41) is 14.5. The average Bonchev–Trinajstić information content (AvgIpc) is 2.88. The first kappa shape index (κ1) is 10.4. The number of carbonyl (C=O) groups excluding carboxylic acids is 2. The number of β-amino-alcohol motifs (C(OH)–C–C–N with tert-alkyl or cyclic N) is 1. The van der Waals surface area contributed by atoms with E-state index in [2.05, 4.69) is 10.6 Å². The number of nitrogens with one attached hydrogen (secondary N) is 2. The molecule has 1 aliphatic carbocycles. The molecule has 6 nitrogen and oxygen atoms in total. The van der Waals surface area contributed by atoms with E-state index in [9.17, 15) is 14.7 Å². The van der Waals surface area contributed by atoms with Gasteiger partial charge in [0, 0.05) is 13.7 Å². The maximum atomic E-state index is 11.7. The van der Waals surface area contributed by atoms with Gasteiger partial charge in [0.25, 0.3) is 0 Å². The standard InChI is InChI=1S/C9H14N2O4/c1-15-9(2-3-9)11-8(14)6-5(12)4-10-7(6)13/h5-6,12H,2-4H2,1H3,(H,10,13)(H,11,14). The van der Waals surface area contributed by atoms with Crippen LogP contribution in [0.3, 0.4) is 0 Å². The van der Waals surface area contributed by atoms with E-state index in [0.29, 0.717) is 0 Å². The Balaban J connectivity index is 1.98. The van der Waals surface area contributed by atoms with Gasteiger partial charge in [0.2, 0.25) is 11.8 Å². The molecule has 84 valence electrons. The average molecular weight is 214 g/mol. The van der Waals surface area contributed by atoms with E-state index in [1.807, 2.05) is 0 Å². The third kappa shape index (κ3) is 1.82. The van der Waals surface area contributed by atoms with E-state index in [0.717, 1.165) is 12.8 Å². The van der Waals surface area contributed by atoms with Crippen LogP contribution >= 0.6 is 0 Å². The van der Waals surface area contributed by atoms with Gasteiger partial charge in [-0.1, -0.05) is 0 Å². The molecule has 2 amide bonds. The minimum atomic E-state index is -1.00. The molecule has 1 saturated carbocycles. The lowest BCUT2D eigenvalue weighted by atomic mass is 10.0. The molecular weight excluding hydrogens is 200 g/mol. The Labute approximate surface area is 87.0 Å². The summed E-state index contributed by atoms with van der Waals surface area (Å²) in [6.07, 6.45) is 0.560. The van der Waals surface area contributed by atoms with Crippen LogP contribution in [-0.4, -0.2) is 42.4 Å². The molecule has 0 bridgehead atoms. The Morgan fingerprint density at radius 1 is 1.67 bits per heavy atom. The minimum Gasteiger partial charge on any atom is -0.390 e. The zero-order valence-corrected chi connectivity index (χ0v) is 8.45. The highest BCUT2D eigenvalue weighted by atomic mass is 16.5. The van der Waals surface area contributed by atoms with Crippen molar-refractivity contribution >= 4 is 11.8 Å². The van der Waals surface area contributed by atoms with E-state index >= 15 is 0 Å². The summed E-state index contributed by atoms with van der Waals surface area (Å²) in [5.41, 5.74) is -0.598. The highest BCUT2D eigenvalue weighted by molar-refractivity contribution is 6.02. The number of ether oxygens (including phenoxy) is 1. The minimum absolute atomic E-state index is 0.136. The van der Waals surface area contributed by atoms with Crippen LogP contribution in [0.1, 0.15) is 12.8 Å². The highest BCUT2D eigenvalue weighted by Crippen LogP contribution is 2.36. The predicted molar refractivity (Wildman–Crippen MR) is 49.6 cm³/mol. The highest BCUT2D eigenvalue weighted by Gasteiger charge is 2.48. The SMILES string of the molecule is COC1(NC(=O)C2C(=O)NCC2O)CC1. The van der Waals surface area contributed by atoms with E-state index < -0.39 is 29.6 Å². The quantitative estimate of drug-likeness (QED) is 0.388. The molecule has 0 aromatic carbocycles. The Bertz CT molecular complexity index is 300. The number of rotatable bonds is 3. The monoisotopic (exact) mass is 214 g/mol. The summed E-state index contributed by atoms with van der Waals surface area (Å²) in [7, 11) is 1.51. The smallest absolute Gasteiger partial charge is 0.237 e. The van der Waals surface area contributed by atoms with E-state index in [1.165, 1.54) is 7.11 Å². The van der Waals surface area contributed by atoms with Crippen LogP contribution in [0.4, 0.5) is 0 Å². The van der Waals surface area contributed by atoms with Crippen molar-refractivity contribution < 1.29 is 19.4 Å². The number of aliphatic hydroxyl groups excluding tert-OH is 1. The molecular formula is C9H14N2O4. The van der Waals surface area contributed by atoms with Crippen molar-refractivity contribution in [2.24, 2.45) is 5.92 Å². The molecule has 0 aromatic rings. The molecule has 2 unspecified atom stereocenters. The second kappa shape index (κ2) is 3.46. The third-order valence-electron chi connectivity index (χ3n) is 2.88. The Morgan fingerprint density at radius 3 is 2.73 bits per heavy atom. The first-order valence-corrected chi connectivity index (χ1v) is 4.91. The van der Waals surface area contributed by atoms with Gasteiger partial charge in [-0.15, -0.1) is 0 Å². The van der Waals surface area contributed by atoms with Crippen LogP contribution in [0.25, 0.3) is 0 Å². The van der Waals surface area contributed by atoms with E-state index in [-0.39, 0.29) is 6.54 Å². The number of carbonyl (C=O) groups is 2. The Hall–Kier alpha value is -1.14. The lowest BCUT2D eigenvalue weighted by molar-refractivity contribution is -0.138. The van der Waals surface area contributed by atoms with Gasteiger partial charge in [-0.05, 0) is 12.8 Å². The fraction of sp³-hybridized carbons (Fsp3) is 0.778. The van der Waals surface area contributed by atoms with Gasteiger partial charge >= 0.3 is 0 Å². The zero-order valence-electron chi connectivity index (χ0n) is 8.45. The molecule has 6 heteroatoms. The molecule has 1 aliphatic heterocycles. The van der Waals surface area contributed by atoms with Crippen LogP contribution in [0.2, 0.25) is 0 Å². The number of hydrogen-bond donors (Lipinski definition) is 3. The maximum Gasteiger partial charge on any atom is 0.237 e. The number of methoxy groups -OCH3 is 1. The van der Waals surface area contributed by atoms with Gasteiger partial charge in [-0.25, -0.2) is 0 Å². The zero-order chi connectivity index (χ0) is 11.1. The molecule has 1 saturated heterocycles. The van der Waals surface area contributed by atoms with Crippen LogP contribution in [0.5, 0.6) is 0 Å². The molecule has 0 radical (unpaired) electrons. The van der Waals surface area contributed by atoms with Gasteiger partial charge in [-0.2, -0.15) is 0 Å². The maximum absolute atomic E-state index is 11.7. The van der Waals surface area contributed by atoms with Crippen molar-refractivity contribution in [3.05, 3.63) is 0 Å². The summed E-state index contributed by atoms with van der Waals surface area (Å²) in [4.78, 5) is 22.9. The largest absolute Gasteiger partial charge is 0.390 e. The van der Waals surface area contributed by atoms with Gasteiger partial charge < -0.3 is 20.5 Å². The molecule has 1 heterocycles. The lowest BCUT2D eigenvalue weighted by Gasteiger charge is -2.18. The van der Waals surface area contributed by atoms with Crippen molar-refractivity contribution in [3.8, 4) is 0 Å². The van der Waals surface area contributed by atoms with E-state index in [1.54, 1.807) is 0 Å². The van der Waals surface area contributed by atoms with Crippen molar-refractivity contribution in [1.82, 2.24) is 10.6 Å². The topological polar surface area (TPSA) is 87.7 Å². The van der Waals surface area contributed by atoms with Crippen molar-refractivity contribution in [3.63, 3.8) is 0 Å². The summed E-state index contributed by atoms with van der Waals surface area (Å²) < 4.78 is 5.10. The lowest BCUT2D eigenvalue weighted by Crippen LogP contribution is -2.46. The summed E-state index contributed by atoms with van der Waals surface area (Å²) >= 11 is 0. The van der Waals surface area contributed by atoms with Crippen molar-refractivity contribution in [2.75, 3.05) is 13.7 Å². The predicted octanol–water partition coefficient (Wildman–Crippen LogP) is -1.65. The van der Waals surface area contributed by atoms with Crippen LogP contribution < -0.4 is 10.6 Å². The van der Waals surface area contributed by atoms with Gasteiger partial charge in [0.05, 0.1) is 6.10 Å². The normalized spacial score (nSPS) is 32.3. The van der Waals surface area contributed by atoms with Crippen molar-refractivity contribution in [2.45, 2.75) is 24.7 Å². The molecule has 2 atom stereocenters. The fourth-order valence-corrected chi connectivity index (χ4v) is 1.70. The first-order valence-electron chi connectivity index (χ1n) is 4.91. The third-order valence-corrected chi connectivity index (χ3v) is 2.88. The van der Waals surface area contributed by atoms with Crippen LogP contribution in [0, 0.1) is 5.92 Å². The van der Waals surface area contributed by atoms with Crippen LogP contribution in [-0.2, 0) is 14.3 Å². The van der Waals surface area contributed by atoms with Gasteiger partial charge in [-0.3, -0.25) is 9.59 Å². The van der Waals surface area contributed by atoms with E-state index in [4.69, 9.17) is 4.74 Å². The van der Waals surface area contributed by atoms with Crippen LogP contribution in [0.15, 0.2) is 0 Å². The summed E-state index contributed by atoms with van der Waals surface area (Å²) in [6.45, 7) is 0.136. The molecule has 2 rings (SSSR count). The second-order valence-corrected chi connectivity index (χ2v) is 3.98.